The van der Waals surface area contributed by atoms with Gasteiger partial charge >= 0.3 is 11.9 Å². The minimum atomic E-state index is -4.38. The van der Waals surface area contributed by atoms with Crippen LogP contribution in [0.4, 0.5) is 18.9 Å². The summed E-state index contributed by atoms with van der Waals surface area (Å²) in [5.41, 5.74) is 1.25. The highest BCUT2D eigenvalue weighted by atomic mass is 19.4. The summed E-state index contributed by atoms with van der Waals surface area (Å²) in [7, 11) is 0. The van der Waals surface area contributed by atoms with E-state index in [9.17, 15) is 22.8 Å². The lowest BCUT2D eigenvalue weighted by molar-refractivity contribution is -0.138. The molecule has 0 aliphatic carbocycles. The molecular weight excluding hydrogens is 435 g/mol. The van der Waals surface area contributed by atoms with Gasteiger partial charge in [-0.25, -0.2) is 4.79 Å². The first-order chi connectivity index (χ1) is 15.6. The molecule has 0 bridgehead atoms. The number of piperidine rings is 1. The number of carbonyl (C=O) groups is 1. The van der Waals surface area contributed by atoms with Gasteiger partial charge in [0.1, 0.15) is 0 Å². The Morgan fingerprint density at radius 3 is 2.52 bits per heavy atom. The van der Waals surface area contributed by atoms with Crippen LogP contribution < -0.4 is 11.1 Å². The Labute approximate surface area is 189 Å². The molecule has 33 heavy (non-hydrogen) atoms. The number of nitrogens with one attached hydrogen (secondary N) is 1. The minimum absolute atomic E-state index is 0.0486. The number of benzene rings is 2. The number of alkyl halides is 3. The predicted molar refractivity (Wildman–Crippen MR) is 119 cm³/mol. The summed E-state index contributed by atoms with van der Waals surface area (Å²) >= 11 is 0. The van der Waals surface area contributed by atoms with Gasteiger partial charge in [-0.2, -0.15) is 13.2 Å². The largest absolute Gasteiger partial charge is 0.420 e. The highest BCUT2D eigenvalue weighted by Crippen LogP contribution is 2.33. The van der Waals surface area contributed by atoms with Gasteiger partial charge in [0.25, 0.3) is 0 Å². The molecule has 1 fully saturated rings. The third kappa shape index (κ3) is 4.98. The molecule has 0 spiro atoms. The van der Waals surface area contributed by atoms with Crippen LogP contribution >= 0.6 is 0 Å². The second-order valence-corrected chi connectivity index (χ2v) is 8.71. The van der Waals surface area contributed by atoms with Gasteiger partial charge < -0.3 is 9.73 Å². The van der Waals surface area contributed by atoms with Crippen molar-refractivity contribution in [1.82, 2.24) is 9.47 Å². The molecule has 0 saturated carbocycles. The van der Waals surface area contributed by atoms with Crippen molar-refractivity contribution in [1.29, 1.82) is 0 Å². The maximum atomic E-state index is 13.2. The number of aromatic nitrogens is 1. The van der Waals surface area contributed by atoms with E-state index in [1.54, 1.807) is 28.8 Å². The van der Waals surface area contributed by atoms with E-state index in [0.29, 0.717) is 42.7 Å². The van der Waals surface area contributed by atoms with Crippen LogP contribution in [0.5, 0.6) is 0 Å². The maximum Gasteiger partial charge on any atom is 0.420 e. The lowest BCUT2D eigenvalue weighted by atomic mass is 9.95. The fourth-order valence-corrected chi connectivity index (χ4v) is 4.38. The fraction of sp³-hybridized carbons (Fsp3) is 0.417. The summed E-state index contributed by atoms with van der Waals surface area (Å²) < 4.78 is 46.6. The number of hydrogen-bond acceptors (Lipinski definition) is 4. The van der Waals surface area contributed by atoms with Crippen LogP contribution in [0.3, 0.4) is 0 Å². The van der Waals surface area contributed by atoms with E-state index in [1.807, 2.05) is 18.7 Å². The Hall–Kier alpha value is -3.07. The molecule has 0 radical (unpaired) electrons. The van der Waals surface area contributed by atoms with Gasteiger partial charge in [0.2, 0.25) is 5.91 Å². The molecule has 176 valence electrons. The van der Waals surface area contributed by atoms with E-state index in [-0.39, 0.29) is 30.0 Å². The van der Waals surface area contributed by atoms with Crippen molar-refractivity contribution >= 4 is 22.7 Å². The van der Waals surface area contributed by atoms with Crippen LogP contribution in [0.25, 0.3) is 11.1 Å². The molecule has 2 aromatic carbocycles. The summed E-state index contributed by atoms with van der Waals surface area (Å²) in [6, 6.07) is 10.7. The molecule has 6 nitrogen and oxygen atoms in total. The van der Waals surface area contributed by atoms with Gasteiger partial charge in [0, 0.05) is 30.3 Å². The van der Waals surface area contributed by atoms with Gasteiger partial charge in [-0.15, -0.1) is 0 Å². The monoisotopic (exact) mass is 461 g/mol. The molecular formula is C24H26F3N3O3. The van der Waals surface area contributed by atoms with E-state index in [0.717, 1.165) is 6.07 Å². The molecule has 1 N–H and O–H groups in total. The number of rotatable bonds is 5. The van der Waals surface area contributed by atoms with E-state index in [4.69, 9.17) is 4.42 Å². The number of fused-ring (bicyclic) bond motifs is 1. The molecule has 1 aliphatic heterocycles. The molecule has 0 unspecified atom stereocenters. The third-order valence-electron chi connectivity index (χ3n) is 6.07. The second kappa shape index (κ2) is 9.05. The molecule has 0 atom stereocenters. The first-order valence-corrected chi connectivity index (χ1v) is 11.0. The maximum absolute atomic E-state index is 13.2. The number of oxazole rings is 1. The highest BCUT2D eigenvalue weighted by Gasteiger charge is 2.34. The van der Waals surface area contributed by atoms with Crippen molar-refractivity contribution in [2.75, 3.05) is 18.4 Å². The van der Waals surface area contributed by atoms with Crippen molar-refractivity contribution in [3.8, 4) is 0 Å². The van der Waals surface area contributed by atoms with Crippen molar-refractivity contribution in [3.63, 3.8) is 0 Å². The Kier molecular flexibility index (Phi) is 6.34. The summed E-state index contributed by atoms with van der Waals surface area (Å²) in [5, 5.41) is 2.88. The second-order valence-electron chi connectivity index (χ2n) is 8.71. The number of hydrogen-bond donors (Lipinski definition) is 1. The molecule has 1 aromatic heterocycles. The summed E-state index contributed by atoms with van der Waals surface area (Å²) in [4.78, 5) is 26.7. The zero-order chi connectivity index (χ0) is 23.8. The predicted octanol–water partition coefficient (Wildman–Crippen LogP) is 5.04. The van der Waals surface area contributed by atoms with Gasteiger partial charge in [-0.3, -0.25) is 14.3 Å². The molecule has 3 aromatic rings. The molecule has 1 aliphatic rings. The summed E-state index contributed by atoms with van der Waals surface area (Å²) in [6.45, 7) is 5.05. The topological polar surface area (TPSA) is 67.5 Å². The Morgan fingerprint density at radius 1 is 1.15 bits per heavy atom. The van der Waals surface area contributed by atoms with E-state index >= 15 is 0 Å². The Morgan fingerprint density at radius 2 is 1.85 bits per heavy atom. The zero-order valence-electron chi connectivity index (χ0n) is 18.5. The molecule has 4 rings (SSSR count). The molecule has 9 heteroatoms. The number of likely N-dealkylation sites (tertiary alicyclic amines) is 1. The summed E-state index contributed by atoms with van der Waals surface area (Å²) in [5.74, 6) is -0.819. The molecule has 2 heterocycles. The minimum Gasteiger partial charge on any atom is -0.408 e. The van der Waals surface area contributed by atoms with Gasteiger partial charge in [0.05, 0.1) is 11.1 Å². The quantitative estimate of drug-likeness (QED) is 0.578. The van der Waals surface area contributed by atoms with Crippen LogP contribution in [0, 0.1) is 5.92 Å². The lowest BCUT2D eigenvalue weighted by Gasteiger charge is -2.31. The number of anilines is 1. The number of halogens is 3. The zero-order valence-corrected chi connectivity index (χ0v) is 18.5. The number of nitrogens with zero attached hydrogens (tertiary/aromatic N) is 2. The van der Waals surface area contributed by atoms with Crippen molar-refractivity contribution in [3.05, 3.63) is 64.1 Å². The fourth-order valence-electron chi connectivity index (χ4n) is 4.38. The average molecular weight is 461 g/mol. The van der Waals surface area contributed by atoms with Gasteiger partial charge in [-0.1, -0.05) is 18.2 Å². The summed E-state index contributed by atoms with van der Waals surface area (Å²) in [6.07, 6.45) is -3.27. The van der Waals surface area contributed by atoms with Crippen LogP contribution in [0.1, 0.15) is 43.9 Å². The SMILES string of the molecule is CC(C)n1c(=O)oc2cc(NC(=O)C3CCN(Cc4ccccc4C(F)(F)F)CC3)ccc21. The first kappa shape index (κ1) is 23.1. The molecule has 1 saturated heterocycles. The van der Waals surface area contributed by atoms with Crippen LogP contribution in [0.15, 0.2) is 51.7 Å². The highest BCUT2D eigenvalue weighted by molar-refractivity contribution is 5.94. The van der Waals surface area contributed by atoms with Crippen molar-refractivity contribution < 1.29 is 22.4 Å². The normalized spacial score (nSPS) is 15.9. The van der Waals surface area contributed by atoms with E-state index < -0.39 is 17.5 Å². The van der Waals surface area contributed by atoms with Crippen LogP contribution in [0.2, 0.25) is 0 Å². The average Bonchev–Trinajstić information content (AvgIpc) is 3.09. The smallest absolute Gasteiger partial charge is 0.408 e. The van der Waals surface area contributed by atoms with Crippen molar-refractivity contribution in [2.45, 2.75) is 45.5 Å². The Bertz CT molecular complexity index is 1200. The van der Waals surface area contributed by atoms with Gasteiger partial charge in [0.15, 0.2) is 5.58 Å². The lowest BCUT2D eigenvalue weighted by Crippen LogP contribution is -2.38. The van der Waals surface area contributed by atoms with E-state index in [2.05, 4.69) is 5.32 Å². The first-order valence-electron chi connectivity index (χ1n) is 11.0. The van der Waals surface area contributed by atoms with Gasteiger partial charge in [-0.05, 0) is 63.5 Å². The van der Waals surface area contributed by atoms with Crippen LogP contribution in [-0.4, -0.2) is 28.5 Å². The van der Waals surface area contributed by atoms with Crippen LogP contribution in [-0.2, 0) is 17.5 Å². The number of carbonyl (C=O) groups excluding carboxylic acids is 1. The third-order valence-corrected chi connectivity index (χ3v) is 6.07. The van der Waals surface area contributed by atoms with Crippen molar-refractivity contribution in [2.24, 2.45) is 5.92 Å². The standard InChI is InChI=1S/C24H26F3N3O3/c1-15(2)30-20-8-7-18(13-21(20)33-23(30)32)28-22(31)16-9-11-29(12-10-16)14-17-5-3-4-6-19(17)24(25,26)27/h3-8,13,15-16H,9-12,14H2,1-2H3,(H,28,31). The van der Waals surface area contributed by atoms with E-state index in [1.165, 1.54) is 12.1 Å². The molecule has 1 amide bonds. The number of amides is 1. The Balaban J connectivity index is 1.37.